The minimum Gasteiger partial charge on any atom is -0.369 e. The number of carbonyl (C=O) groups excluding carboxylic acids is 1. The maximum Gasteiger partial charge on any atom is 0.257 e. The van der Waals surface area contributed by atoms with Crippen molar-refractivity contribution in [3.8, 4) is 0 Å². The van der Waals surface area contributed by atoms with Gasteiger partial charge in [-0.2, -0.15) is 4.31 Å². The highest BCUT2D eigenvalue weighted by Gasteiger charge is 2.29. The lowest BCUT2D eigenvalue weighted by Gasteiger charge is -2.35. The number of anilines is 2. The molecular formula is C24H21FN4O3S2. The van der Waals surface area contributed by atoms with E-state index in [2.05, 4.69) is 15.2 Å². The predicted molar refractivity (Wildman–Crippen MR) is 131 cm³/mol. The topological polar surface area (TPSA) is 82.6 Å². The molecule has 4 aromatic rings. The third-order valence-corrected chi connectivity index (χ3v) is 8.49. The molecule has 0 bridgehead atoms. The number of carbonyl (C=O) groups is 1. The van der Waals surface area contributed by atoms with E-state index in [1.54, 1.807) is 18.2 Å². The normalized spacial score (nSPS) is 14.9. The highest BCUT2D eigenvalue weighted by atomic mass is 32.2. The van der Waals surface area contributed by atoms with E-state index in [0.717, 1.165) is 17.0 Å². The van der Waals surface area contributed by atoms with Crippen molar-refractivity contribution in [2.45, 2.75) is 4.90 Å². The largest absolute Gasteiger partial charge is 0.369 e. The lowest BCUT2D eigenvalue weighted by Crippen LogP contribution is -2.48. The van der Waals surface area contributed by atoms with Crippen LogP contribution in [0.2, 0.25) is 0 Å². The Morgan fingerprint density at radius 2 is 1.71 bits per heavy atom. The number of sulfonamides is 1. The first-order valence-electron chi connectivity index (χ1n) is 10.7. The lowest BCUT2D eigenvalue weighted by atomic mass is 10.2. The first kappa shape index (κ1) is 22.5. The summed E-state index contributed by atoms with van der Waals surface area (Å²) in [6, 6.07) is 20.1. The maximum absolute atomic E-state index is 13.4. The van der Waals surface area contributed by atoms with E-state index in [0.29, 0.717) is 41.5 Å². The molecule has 0 saturated carbocycles. The Bertz CT molecular complexity index is 1450. The number of halogens is 1. The Balaban J connectivity index is 1.30. The number of hydrogen-bond donors (Lipinski definition) is 1. The second-order valence-corrected chi connectivity index (χ2v) is 10.8. The molecule has 174 valence electrons. The number of thiazole rings is 1. The van der Waals surface area contributed by atoms with Crippen LogP contribution in [0.25, 0.3) is 10.2 Å². The molecule has 0 atom stereocenters. The highest BCUT2D eigenvalue weighted by Crippen LogP contribution is 2.27. The summed E-state index contributed by atoms with van der Waals surface area (Å²) in [5, 5.41) is 3.00. The predicted octanol–water partition coefficient (Wildman–Crippen LogP) is 4.20. The monoisotopic (exact) mass is 496 g/mol. The molecule has 0 radical (unpaired) electrons. The molecule has 3 aromatic carbocycles. The molecule has 7 nitrogen and oxygen atoms in total. The number of piperazine rings is 1. The van der Waals surface area contributed by atoms with Crippen molar-refractivity contribution >= 4 is 48.3 Å². The number of nitrogens with zero attached hydrogens (tertiary/aromatic N) is 3. The third-order valence-electron chi connectivity index (χ3n) is 5.66. The molecule has 0 spiro atoms. The van der Waals surface area contributed by atoms with Crippen LogP contribution in [0.5, 0.6) is 0 Å². The van der Waals surface area contributed by atoms with Crippen molar-refractivity contribution in [3.63, 3.8) is 0 Å². The smallest absolute Gasteiger partial charge is 0.257 e. The fourth-order valence-corrected chi connectivity index (χ4v) is 6.25. The Kier molecular flexibility index (Phi) is 6.03. The zero-order valence-electron chi connectivity index (χ0n) is 18.0. The van der Waals surface area contributed by atoms with Crippen LogP contribution in [0, 0.1) is 5.82 Å². The second kappa shape index (κ2) is 9.13. The van der Waals surface area contributed by atoms with Crippen LogP contribution in [0.3, 0.4) is 0 Å². The van der Waals surface area contributed by atoms with Gasteiger partial charge in [0.05, 0.1) is 15.1 Å². The number of amides is 1. The standard InChI is InChI=1S/C24H21FN4O3S2/c25-18-9-10-21-22(16-18)33-24(26-21)27-23(30)17-5-4-8-20(15-17)34(31,32)29-13-11-28(12-14-29)19-6-2-1-3-7-19/h1-10,15-16H,11-14H2,(H,26,27,30). The molecule has 34 heavy (non-hydrogen) atoms. The SMILES string of the molecule is O=C(Nc1nc2ccc(F)cc2s1)c1cccc(S(=O)(=O)N2CCN(c3ccccc3)CC2)c1. The number of fused-ring (bicyclic) bond motifs is 1. The zero-order chi connectivity index (χ0) is 23.7. The fraction of sp³-hybridized carbons (Fsp3) is 0.167. The van der Waals surface area contributed by atoms with Gasteiger partial charge in [-0.05, 0) is 48.5 Å². The quantitative estimate of drug-likeness (QED) is 0.448. The number of aromatic nitrogens is 1. The molecule has 0 unspecified atom stereocenters. The molecule has 1 aliphatic rings. The van der Waals surface area contributed by atoms with Crippen LogP contribution in [0.4, 0.5) is 15.2 Å². The van der Waals surface area contributed by atoms with Gasteiger partial charge in [-0.1, -0.05) is 35.6 Å². The number of para-hydroxylation sites is 1. The third kappa shape index (κ3) is 4.52. The van der Waals surface area contributed by atoms with Crippen molar-refractivity contribution in [2.24, 2.45) is 0 Å². The molecular weight excluding hydrogens is 475 g/mol. The zero-order valence-corrected chi connectivity index (χ0v) is 19.7. The average molecular weight is 497 g/mol. The van der Waals surface area contributed by atoms with Crippen LogP contribution in [-0.4, -0.2) is 49.8 Å². The van der Waals surface area contributed by atoms with E-state index >= 15 is 0 Å². The minimum absolute atomic E-state index is 0.0692. The molecule has 0 aliphatic carbocycles. The van der Waals surface area contributed by atoms with Gasteiger partial charge in [0.2, 0.25) is 10.0 Å². The Labute approximate surface area is 200 Å². The number of hydrogen-bond acceptors (Lipinski definition) is 6. The van der Waals surface area contributed by atoms with Crippen molar-refractivity contribution < 1.29 is 17.6 Å². The van der Waals surface area contributed by atoms with Gasteiger partial charge < -0.3 is 4.90 Å². The van der Waals surface area contributed by atoms with Crippen molar-refractivity contribution in [2.75, 3.05) is 36.4 Å². The number of benzene rings is 3. The average Bonchev–Trinajstić information content (AvgIpc) is 3.26. The summed E-state index contributed by atoms with van der Waals surface area (Å²) in [7, 11) is -3.75. The summed E-state index contributed by atoms with van der Waals surface area (Å²) < 4.78 is 42.0. The minimum atomic E-state index is -3.75. The van der Waals surface area contributed by atoms with Gasteiger partial charge in [-0.15, -0.1) is 0 Å². The van der Waals surface area contributed by atoms with Gasteiger partial charge in [0.15, 0.2) is 5.13 Å². The number of nitrogens with one attached hydrogen (secondary N) is 1. The summed E-state index contributed by atoms with van der Waals surface area (Å²) in [5.41, 5.74) is 1.85. The van der Waals surface area contributed by atoms with Gasteiger partial charge in [0.1, 0.15) is 5.82 Å². The lowest BCUT2D eigenvalue weighted by molar-refractivity contribution is 0.102. The van der Waals surface area contributed by atoms with Crippen molar-refractivity contribution in [1.29, 1.82) is 0 Å². The molecule has 5 rings (SSSR count). The highest BCUT2D eigenvalue weighted by molar-refractivity contribution is 7.89. The van der Waals surface area contributed by atoms with Crippen molar-refractivity contribution in [3.05, 3.63) is 84.2 Å². The van der Waals surface area contributed by atoms with E-state index in [1.807, 2.05) is 30.3 Å². The van der Waals surface area contributed by atoms with Crippen LogP contribution < -0.4 is 10.2 Å². The van der Waals surface area contributed by atoms with E-state index in [4.69, 9.17) is 0 Å². The van der Waals surface area contributed by atoms with Gasteiger partial charge in [0, 0.05) is 37.4 Å². The van der Waals surface area contributed by atoms with Crippen LogP contribution in [-0.2, 0) is 10.0 Å². The van der Waals surface area contributed by atoms with Gasteiger partial charge >= 0.3 is 0 Å². The Morgan fingerprint density at radius 1 is 0.941 bits per heavy atom. The van der Waals surface area contributed by atoms with E-state index in [1.165, 1.54) is 28.6 Å². The first-order chi connectivity index (χ1) is 16.4. The summed E-state index contributed by atoms with van der Waals surface area (Å²) in [4.78, 5) is 19.3. The molecule has 1 N–H and O–H groups in total. The Hall–Kier alpha value is -3.34. The molecule has 2 heterocycles. The maximum atomic E-state index is 13.4. The summed E-state index contributed by atoms with van der Waals surface area (Å²) in [6.07, 6.45) is 0. The molecule has 1 aromatic heterocycles. The molecule has 10 heteroatoms. The first-order valence-corrected chi connectivity index (χ1v) is 12.9. The summed E-state index contributed by atoms with van der Waals surface area (Å²) >= 11 is 1.15. The van der Waals surface area contributed by atoms with E-state index in [-0.39, 0.29) is 16.3 Å². The molecule has 1 amide bonds. The summed E-state index contributed by atoms with van der Waals surface area (Å²) in [6.45, 7) is 1.88. The van der Waals surface area contributed by atoms with Gasteiger partial charge in [-0.3, -0.25) is 10.1 Å². The van der Waals surface area contributed by atoms with Crippen LogP contribution in [0.1, 0.15) is 10.4 Å². The van der Waals surface area contributed by atoms with Crippen LogP contribution in [0.15, 0.2) is 77.7 Å². The molecule has 1 saturated heterocycles. The summed E-state index contributed by atoms with van der Waals surface area (Å²) in [5.74, 6) is -0.859. The van der Waals surface area contributed by atoms with E-state index < -0.39 is 15.9 Å². The number of rotatable bonds is 5. The Morgan fingerprint density at radius 3 is 2.47 bits per heavy atom. The van der Waals surface area contributed by atoms with Gasteiger partial charge in [-0.25, -0.2) is 17.8 Å². The molecule has 1 fully saturated rings. The molecule has 1 aliphatic heterocycles. The van der Waals surface area contributed by atoms with Crippen molar-refractivity contribution in [1.82, 2.24) is 9.29 Å². The van der Waals surface area contributed by atoms with Crippen LogP contribution >= 0.6 is 11.3 Å². The second-order valence-electron chi connectivity index (χ2n) is 7.84. The van der Waals surface area contributed by atoms with E-state index in [9.17, 15) is 17.6 Å². The van der Waals surface area contributed by atoms with Gasteiger partial charge in [0.25, 0.3) is 5.91 Å². The fourth-order valence-electron chi connectivity index (χ4n) is 3.89.